The molecule has 0 spiro atoms. The van der Waals surface area contributed by atoms with E-state index in [9.17, 15) is 14.4 Å². The van der Waals surface area contributed by atoms with Gasteiger partial charge < -0.3 is 0 Å². The maximum Gasteiger partial charge on any atom is 0.238 e. The van der Waals surface area contributed by atoms with Crippen LogP contribution in [0.15, 0.2) is 54.6 Å². The first-order chi connectivity index (χ1) is 11.7. The van der Waals surface area contributed by atoms with Gasteiger partial charge in [-0.1, -0.05) is 42.5 Å². The van der Waals surface area contributed by atoms with Crippen molar-refractivity contribution in [2.75, 3.05) is 4.90 Å². The molecule has 6 rings (SSSR count). The zero-order chi connectivity index (χ0) is 16.4. The van der Waals surface area contributed by atoms with E-state index in [0.29, 0.717) is 12.1 Å². The molecule has 2 aromatic rings. The first-order valence-electron chi connectivity index (χ1n) is 8.23. The molecule has 2 bridgehead atoms. The summed E-state index contributed by atoms with van der Waals surface area (Å²) >= 11 is 0. The predicted octanol–water partition coefficient (Wildman–Crippen LogP) is 2.65. The number of ketones is 1. The number of carbonyl (C=O) groups is 3. The van der Waals surface area contributed by atoms with Gasteiger partial charge in [-0.25, -0.2) is 0 Å². The minimum atomic E-state index is -0.543. The summed E-state index contributed by atoms with van der Waals surface area (Å²) in [5.41, 5.74) is 2.60. The molecule has 2 aromatic carbocycles. The number of fused-ring (bicyclic) bond motifs is 1. The normalized spacial score (nSPS) is 30.5. The second-order valence-corrected chi connectivity index (χ2v) is 6.78. The van der Waals surface area contributed by atoms with E-state index in [0.717, 1.165) is 11.1 Å². The number of nitrogens with zero attached hydrogens (tertiary/aromatic N) is 1. The monoisotopic (exact) mass is 317 g/mol. The molecule has 1 saturated carbocycles. The fourth-order valence-electron chi connectivity index (χ4n) is 4.79. The third-order valence-electron chi connectivity index (χ3n) is 5.70. The van der Waals surface area contributed by atoms with Crippen LogP contribution in [0.25, 0.3) is 0 Å². The maximum absolute atomic E-state index is 13.1. The minimum absolute atomic E-state index is 0.0935. The highest BCUT2D eigenvalue weighted by molar-refractivity contribution is 6.24. The van der Waals surface area contributed by atoms with Crippen LogP contribution in [-0.4, -0.2) is 17.6 Å². The van der Waals surface area contributed by atoms with Crippen molar-refractivity contribution in [2.45, 2.75) is 18.3 Å². The SMILES string of the molecule is O=C1C[C@H]2c3ccccc3[C@H]1[C@@H]1C(=O)N(c3ccccc3)C(=O)[C@H]12. The van der Waals surface area contributed by atoms with Gasteiger partial charge in [0.15, 0.2) is 0 Å². The van der Waals surface area contributed by atoms with Gasteiger partial charge in [0.25, 0.3) is 0 Å². The number of benzene rings is 2. The van der Waals surface area contributed by atoms with Gasteiger partial charge in [0, 0.05) is 12.3 Å². The number of hydrogen-bond donors (Lipinski definition) is 0. The lowest BCUT2D eigenvalue weighted by Crippen LogP contribution is -2.44. The molecule has 3 aliphatic carbocycles. The maximum atomic E-state index is 13.1. The second kappa shape index (κ2) is 4.63. The van der Waals surface area contributed by atoms with E-state index in [1.807, 2.05) is 42.5 Å². The molecular weight excluding hydrogens is 302 g/mol. The van der Waals surface area contributed by atoms with Crippen LogP contribution < -0.4 is 4.90 Å². The van der Waals surface area contributed by atoms with E-state index in [1.165, 1.54) is 4.90 Å². The molecule has 0 radical (unpaired) electrons. The van der Waals surface area contributed by atoms with E-state index < -0.39 is 17.8 Å². The van der Waals surface area contributed by atoms with E-state index in [1.54, 1.807) is 12.1 Å². The third-order valence-corrected chi connectivity index (χ3v) is 5.70. The van der Waals surface area contributed by atoms with Gasteiger partial charge in [-0.2, -0.15) is 0 Å². The van der Waals surface area contributed by atoms with Crippen LogP contribution in [0.3, 0.4) is 0 Å². The predicted molar refractivity (Wildman–Crippen MR) is 87.5 cm³/mol. The summed E-state index contributed by atoms with van der Waals surface area (Å²) in [7, 11) is 0. The topological polar surface area (TPSA) is 54.5 Å². The Hall–Kier alpha value is -2.75. The Kier molecular flexibility index (Phi) is 2.64. The van der Waals surface area contributed by atoms with Gasteiger partial charge in [-0.05, 0) is 23.3 Å². The van der Waals surface area contributed by atoms with Gasteiger partial charge in [0.05, 0.1) is 23.4 Å². The average molecular weight is 317 g/mol. The molecule has 1 heterocycles. The number of amides is 2. The lowest BCUT2D eigenvalue weighted by Gasteiger charge is -2.43. The van der Waals surface area contributed by atoms with Crippen molar-refractivity contribution in [3.8, 4) is 0 Å². The summed E-state index contributed by atoms with van der Waals surface area (Å²) < 4.78 is 0. The summed E-state index contributed by atoms with van der Waals surface area (Å²) in [5, 5.41) is 0. The number of Topliss-reactive ketones (excluding diaryl/α,β-unsaturated/α-hetero) is 1. The van der Waals surface area contributed by atoms with Crippen molar-refractivity contribution < 1.29 is 14.4 Å². The molecular formula is C20H15NO3. The van der Waals surface area contributed by atoms with Crippen LogP contribution in [0.2, 0.25) is 0 Å². The van der Waals surface area contributed by atoms with Crippen molar-refractivity contribution in [3.05, 3.63) is 65.7 Å². The van der Waals surface area contributed by atoms with Crippen molar-refractivity contribution in [2.24, 2.45) is 11.8 Å². The van der Waals surface area contributed by atoms with Gasteiger partial charge in [0.1, 0.15) is 5.78 Å². The number of hydrogen-bond acceptors (Lipinski definition) is 3. The number of rotatable bonds is 1. The molecule has 1 saturated heterocycles. The summed E-state index contributed by atoms with van der Waals surface area (Å²) in [4.78, 5) is 40.0. The molecule has 2 amide bonds. The van der Waals surface area contributed by atoms with Crippen LogP contribution in [0.5, 0.6) is 0 Å². The summed E-state index contributed by atoms with van der Waals surface area (Å²) in [6.45, 7) is 0. The van der Waals surface area contributed by atoms with Crippen molar-refractivity contribution >= 4 is 23.3 Å². The van der Waals surface area contributed by atoms with Gasteiger partial charge >= 0.3 is 0 Å². The first kappa shape index (κ1) is 13.7. The Morgan fingerprint density at radius 1 is 0.750 bits per heavy atom. The van der Waals surface area contributed by atoms with E-state index in [2.05, 4.69) is 0 Å². The Balaban J connectivity index is 1.68. The molecule has 0 unspecified atom stereocenters. The standard InChI is InChI=1S/C20H15NO3/c22-15-10-14-12-8-4-5-9-13(12)16(15)18-17(14)19(23)21(20(18)24)11-6-2-1-3-7-11/h1-9,14,16-18H,10H2/t14-,16+,17-,18-/m0/s1. The quantitative estimate of drug-likeness (QED) is 0.760. The van der Waals surface area contributed by atoms with Crippen LogP contribution >= 0.6 is 0 Å². The highest BCUT2D eigenvalue weighted by Gasteiger charge is 2.62. The van der Waals surface area contributed by atoms with Crippen molar-refractivity contribution in [1.29, 1.82) is 0 Å². The van der Waals surface area contributed by atoms with E-state index in [4.69, 9.17) is 0 Å². The van der Waals surface area contributed by atoms with E-state index >= 15 is 0 Å². The number of anilines is 1. The lowest BCUT2D eigenvalue weighted by atomic mass is 9.56. The Morgan fingerprint density at radius 2 is 1.38 bits per heavy atom. The van der Waals surface area contributed by atoms with E-state index in [-0.39, 0.29) is 23.5 Å². The molecule has 4 aliphatic rings. The fraction of sp³-hybridized carbons (Fsp3) is 0.250. The molecule has 24 heavy (non-hydrogen) atoms. The van der Waals surface area contributed by atoms with Crippen LogP contribution in [-0.2, 0) is 14.4 Å². The molecule has 4 atom stereocenters. The second-order valence-electron chi connectivity index (χ2n) is 6.78. The van der Waals surface area contributed by atoms with Crippen molar-refractivity contribution in [1.82, 2.24) is 0 Å². The van der Waals surface area contributed by atoms with Crippen LogP contribution in [0.1, 0.15) is 29.4 Å². The third kappa shape index (κ3) is 1.55. The Morgan fingerprint density at radius 3 is 2.12 bits per heavy atom. The Labute approximate surface area is 139 Å². The zero-order valence-corrected chi connectivity index (χ0v) is 12.9. The van der Waals surface area contributed by atoms with Crippen molar-refractivity contribution in [3.63, 3.8) is 0 Å². The molecule has 4 heteroatoms. The number of carbonyl (C=O) groups excluding carboxylic acids is 3. The molecule has 0 aromatic heterocycles. The zero-order valence-electron chi connectivity index (χ0n) is 12.9. The highest BCUT2D eigenvalue weighted by Crippen LogP contribution is 2.57. The van der Waals surface area contributed by atoms with Gasteiger partial charge in [0.2, 0.25) is 11.8 Å². The summed E-state index contributed by atoms with van der Waals surface area (Å²) in [5.74, 6) is -1.89. The Bertz CT molecular complexity index is 889. The summed E-state index contributed by atoms with van der Waals surface area (Å²) in [6, 6.07) is 16.8. The number of imide groups is 1. The molecule has 2 fully saturated rings. The summed E-state index contributed by atoms with van der Waals surface area (Å²) in [6.07, 6.45) is 0.366. The molecule has 4 nitrogen and oxygen atoms in total. The fourth-order valence-corrected chi connectivity index (χ4v) is 4.79. The van der Waals surface area contributed by atoms with Gasteiger partial charge in [-0.15, -0.1) is 0 Å². The molecule has 0 N–H and O–H groups in total. The highest BCUT2D eigenvalue weighted by atomic mass is 16.2. The van der Waals surface area contributed by atoms with Gasteiger partial charge in [-0.3, -0.25) is 19.3 Å². The lowest BCUT2D eigenvalue weighted by molar-refractivity contribution is -0.134. The smallest absolute Gasteiger partial charge is 0.238 e. The molecule has 118 valence electrons. The van der Waals surface area contributed by atoms with Crippen LogP contribution in [0, 0.1) is 11.8 Å². The number of para-hydroxylation sites is 1. The van der Waals surface area contributed by atoms with Crippen LogP contribution in [0.4, 0.5) is 5.69 Å². The average Bonchev–Trinajstić information content (AvgIpc) is 2.88. The largest absolute Gasteiger partial charge is 0.299 e. The minimum Gasteiger partial charge on any atom is -0.299 e. The first-order valence-corrected chi connectivity index (χ1v) is 8.23. The molecule has 1 aliphatic heterocycles.